The number of hydrogen-bond acceptors (Lipinski definition) is 5. The van der Waals surface area contributed by atoms with E-state index in [0.717, 1.165) is 13.0 Å². The number of aryl methyl sites for hydroxylation is 1. The molecule has 0 spiro atoms. The van der Waals surface area contributed by atoms with Crippen molar-refractivity contribution in [3.8, 4) is 5.88 Å². The Morgan fingerprint density at radius 3 is 2.79 bits per heavy atom. The van der Waals surface area contributed by atoms with Gasteiger partial charge in [-0.3, -0.25) is 4.79 Å². The van der Waals surface area contributed by atoms with Crippen LogP contribution in [0.5, 0.6) is 5.88 Å². The minimum absolute atomic E-state index is 0.217. The van der Waals surface area contributed by atoms with E-state index >= 15 is 0 Å². The molecule has 1 heterocycles. The number of amides is 1. The van der Waals surface area contributed by atoms with Crippen molar-refractivity contribution < 1.29 is 14.3 Å². The third-order valence-corrected chi connectivity index (χ3v) is 3.32. The summed E-state index contributed by atoms with van der Waals surface area (Å²) in [7, 11) is 1.91. The van der Waals surface area contributed by atoms with Crippen LogP contribution in [0.15, 0.2) is 11.1 Å². The van der Waals surface area contributed by atoms with Gasteiger partial charge >= 0.3 is 0 Å². The summed E-state index contributed by atoms with van der Waals surface area (Å²) in [5.41, 5.74) is 6.93. The Morgan fingerprint density at radius 2 is 2.21 bits per heavy atom. The number of primary amides is 1. The highest BCUT2D eigenvalue weighted by atomic mass is 16.5. The van der Waals surface area contributed by atoms with Crippen LogP contribution in [-0.2, 0) is 4.74 Å². The summed E-state index contributed by atoms with van der Waals surface area (Å²) in [6.07, 6.45) is 2.40. The summed E-state index contributed by atoms with van der Waals surface area (Å²) in [5.74, 6) is -0.380. The number of rotatable bonds is 10. The van der Waals surface area contributed by atoms with Gasteiger partial charge in [0.1, 0.15) is 11.7 Å². The van der Waals surface area contributed by atoms with Crippen molar-refractivity contribution in [1.29, 1.82) is 0 Å². The normalized spacial score (nSPS) is 12.4. The summed E-state index contributed by atoms with van der Waals surface area (Å²) >= 11 is 0. The van der Waals surface area contributed by atoms with Crippen LogP contribution in [0.3, 0.4) is 0 Å². The van der Waals surface area contributed by atoms with Crippen LogP contribution in [-0.4, -0.2) is 55.0 Å². The lowest BCUT2D eigenvalue weighted by Gasteiger charge is -2.17. The Kier molecular flexibility index (Phi) is 8.18. The average molecular weight is 336 g/mol. The minimum atomic E-state index is -0.598. The van der Waals surface area contributed by atoms with Crippen LogP contribution in [0.2, 0.25) is 0 Å². The van der Waals surface area contributed by atoms with E-state index in [1.807, 2.05) is 39.6 Å². The van der Waals surface area contributed by atoms with Gasteiger partial charge in [0.15, 0.2) is 0 Å². The van der Waals surface area contributed by atoms with E-state index in [4.69, 9.17) is 15.2 Å². The number of carbonyl (C=O) groups is 1. The second kappa shape index (κ2) is 9.87. The first-order valence-corrected chi connectivity index (χ1v) is 8.19. The maximum absolute atomic E-state index is 11.7. The van der Waals surface area contributed by atoms with E-state index < -0.39 is 5.91 Å². The van der Waals surface area contributed by atoms with Crippen LogP contribution in [0.25, 0.3) is 0 Å². The third kappa shape index (κ3) is 6.16. The number of carbonyl (C=O) groups excluding carboxylic acids is 1. The fourth-order valence-corrected chi connectivity index (χ4v) is 1.83. The predicted octanol–water partition coefficient (Wildman–Crippen LogP) is 2.29. The van der Waals surface area contributed by atoms with Crippen molar-refractivity contribution in [3.05, 3.63) is 17.3 Å². The van der Waals surface area contributed by atoms with Gasteiger partial charge in [0.05, 0.1) is 24.3 Å². The molecule has 0 saturated heterocycles. The predicted molar refractivity (Wildman–Crippen MR) is 95.1 cm³/mol. The number of pyridine rings is 1. The average Bonchev–Trinajstić information content (AvgIpc) is 2.53. The van der Waals surface area contributed by atoms with Crippen LogP contribution in [0.4, 0.5) is 5.69 Å². The molecule has 0 aliphatic carbocycles. The number of aromatic nitrogens is 1. The maximum Gasteiger partial charge on any atom is 0.254 e. The number of aliphatic imine (C=N–C) groups is 1. The molecule has 134 valence electrons. The van der Waals surface area contributed by atoms with E-state index in [9.17, 15) is 4.79 Å². The minimum Gasteiger partial charge on any atom is -0.472 e. The Bertz CT molecular complexity index is 575. The first-order chi connectivity index (χ1) is 11.4. The van der Waals surface area contributed by atoms with Gasteiger partial charge in [0.2, 0.25) is 5.88 Å². The molecule has 7 heteroatoms. The molecule has 0 aliphatic heterocycles. The molecular formula is C17H28N4O3. The number of hydrogen-bond donors (Lipinski definition) is 1. The lowest BCUT2D eigenvalue weighted by Crippen LogP contribution is -2.23. The summed E-state index contributed by atoms with van der Waals surface area (Å²) in [6, 6.07) is 1.61. The van der Waals surface area contributed by atoms with Gasteiger partial charge in [-0.1, -0.05) is 6.92 Å². The van der Waals surface area contributed by atoms with Crippen molar-refractivity contribution in [2.75, 3.05) is 26.8 Å². The topological polar surface area (TPSA) is 90.0 Å². The SMILES string of the molecule is CCCOCC(C)Oc1nc(C)c(N=CN(C)CC)cc1C(N)=O. The van der Waals surface area contributed by atoms with Gasteiger partial charge < -0.3 is 20.1 Å². The molecule has 1 atom stereocenters. The summed E-state index contributed by atoms with van der Waals surface area (Å²) in [4.78, 5) is 22.4. The number of ether oxygens (including phenoxy) is 2. The summed E-state index contributed by atoms with van der Waals surface area (Å²) in [6.45, 7) is 9.65. The van der Waals surface area contributed by atoms with Crippen molar-refractivity contribution in [3.63, 3.8) is 0 Å². The van der Waals surface area contributed by atoms with Crippen molar-refractivity contribution in [2.45, 2.75) is 40.2 Å². The molecule has 0 fully saturated rings. The molecule has 1 unspecified atom stereocenters. The van der Waals surface area contributed by atoms with E-state index in [0.29, 0.717) is 24.6 Å². The summed E-state index contributed by atoms with van der Waals surface area (Å²) < 4.78 is 11.2. The Hall–Kier alpha value is -2.15. The molecule has 24 heavy (non-hydrogen) atoms. The lowest BCUT2D eigenvalue weighted by atomic mass is 10.2. The number of nitrogens with zero attached hydrogens (tertiary/aromatic N) is 3. The van der Waals surface area contributed by atoms with Crippen molar-refractivity contribution >= 4 is 17.9 Å². The first-order valence-electron chi connectivity index (χ1n) is 8.19. The van der Waals surface area contributed by atoms with Crippen LogP contribution in [0, 0.1) is 6.92 Å². The van der Waals surface area contributed by atoms with Gasteiger partial charge in [-0.25, -0.2) is 9.98 Å². The highest BCUT2D eigenvalue weighted by Gasteiger charge is 2.17. The molecule has 7 nitrogen and oxygen atoms in total. The Balaban J connectivity index is 2.98. The van der Waals surface area contributed by atoms with Gasteiger partial charge in [-0.2, -0.15) is 0 Å². The standard InChI is InChI=1S/C17H28N4O3/c1-6-8-23-10-12(3)24-17-14(16(18)22)9-15(13(4)20-17)19-11-21(5)7-2/h9,11-12H,6-8,10H2,1-5H3,(H2,18,22). The maximum atomic E-state index is 11.7. The molecule has 2 N–H and O–H groups in total. The monoisotopic (exact) mass is 336 g/mol. The molecular weight excluding hydrogens is 308 g/mol. The molecule has 0 radical (unpaired) electrons. The fourth-order valence-electron chi connectivity index (χ4n) is 1.83. The zero-order valence-electron chi connectivity index (χ0n) is 15.2. The van der Waals surface area contributed by atoms with E-state index in [-0.39, 0.29) is 17.5 Å². The molecule has 1 rings (SSSR count). The highest BCUT2D eigenvalue weighted by molar-refractivity contribution is 5.96. The van der Waals surface area contributed by atoms with Gasteiger partial charge in [0.25, 0.3) is 5.91 Å². The van der Waals surface area contributed by atoms with E-state index in [2.05, 4.69) is 9.98 Å². The fraction of sp³-hybridized carbons (Fsp3) is 0.588. The highest BCUT2D eigenvalue weighted by Crippen LogP contribution is 2.25. The molecule has 1 aromatic heterocycles. The molecule has 0 bridgehead atoms. The molecule has 0 saturated carbocycles. The second-order valence-corrected chi connectivity index (χ2v) is 5.63. The Labute approximate surface area is 143 Å². The zero-order valence-corrected chi connectivity index (χ0v) is 15.2. The van der Waals surface area contributed by atoms with Gasteiger partial charge in [-0.15, -0.1) is 0 Å². The smallest absolute Gasteiger partial charge is 0.254 e. The second-order valence-electron chi connectivity index (χ2n) is 5.63. The number of nitrogens with two attached hydrogens (primary N) is 1. The van der Waals surface area contributed by atoms with E-state index in [1.165, 1.54) is 0 Å². The molecule has 1 amide bonds. The lowest BCUT2D eigenvalue weighted by molar-refractivity contribution is 0.0559. The van der Waals surface area contributed by atoms with Crippen molar-refractivity contribution in [2.24, 2.45) is 10.7 Å². The first kappa shape index (κ1) is 19.9. The van der Waals surface area contributed by atoms with Crippen LogP contribution < -0.4 is 10.5 Å². The molecule has 0 aromatic carbocycles. The molecule has 1 aromatic rings. The zero-order chi connectivity index (χ0) is 18.1. The third-order valence-electron chi connectivity index (χ3n) is 3.32. The Morgan fingerprint density at radius 1 is 1.50 bits per heavy atom. The molecule has 0 aliphatic rings. The van der Waals surface area contributed by atoms with Gasteiger partial charge in [0, 0.05) is 20.2 Å². The van der Waals surface area contributed by atoms with Crippen molar-refractivity contribution in [1.82, 2.24) is 9.88 Å². The quantitative estimate of drug-likeness (QED) is 0.402. The van der Waals surface area contributed by atoms with Crippen LogP contribution in [0.1, 0.15) is 43.2 Å². The summed E-state index contributed by atoms with van der Waals surface area (Å²) in [5, 5.41) is 0. The van der Waals surface area contributed by atoms with E-state index in [1.54, 1.807) is 12.4 Å². The largest absolute Gasteiger partial charge is 0.472 e. The van der Waals surface area contributed by atoms with Crippen LogP contribution >= 0.6 is 0 Å². The van der Waals surface area contributed by atoms with Gasteiger partial charge in [-0.05, 0) is 33.3 Å².